The van der Waals surface area contributed by atoms with Gasteiger partial charge < -0.3 is 10.8 Å². The summed E-state index contributed by atoms with van der Waals surface area (Å²) in [6, 6.07) is 11.9. The Hall–Kier alpha value is -1.96. The molecule has 2 nitrogen and oxygen atoms in total. The van der Waals surface area contributed by atoms with Crippen LogP contribution in [0.15, 0.2) is 36.4 Å². The van der Waals surface area contributed by atoms with Crippen LogP contribution >= 0.6 is 0 Å². The van der Waals surface area contributed by atoms with Crippen LogP contribution in [0.4, 0.5) is 5.69 Å². The van der Waals surface area contributed by atoms with Gasteiger partial charge in [-0.2, -0.15) is 0 Å². The SMILES string of the molecule is Nc1cc2c(cc1O)-c1ccccc1C2. The minimum Gasteiger partial charge on any atom is -0.506 e. The van der Waals surface area contributed by atoms with Crippen molar-refractivity contribution in [2.45, 2.75) is 6.42 Å². The van der Waals surface area contributed by atoms with Gasteiger partial charge in [0.2, 0.25) is 0 Å². The second kappa shape index (κ2) is 2.76. The Morgan fingerprint density at radius 1 is 1.00 bits per heavy atom. The van der Waals surface area contributed by atoms with Crippen LogP contribution in [0.5, 0.6) is 5.75 Å². The Morgan fingerprint density at radius 3 is 2.67 bits per heavy atom. The average Bonchev–Trinajstić information content (AvgIpc) is 2.57. The molecule has 3 N–H and O–H groups in total. The van der Waals surface area contributed by atoms with Crippen LogP contribution in [-0.4, -0.2) is 5.11 Å². The van der Waals surface area contributed by atoms with Crippen LogP contribution in [0.25, 0.3) is 11.1 Å². The molecule has 3 rings (SSSR count). The van der Waals surface area contributed by atoms with Gasteiger partial charge >= 0.3 is 0 Å². The minimum absolute atomic E-state index is 0.172. The molecule has 0 bridgehead atoms. The Bertz CT molecular complexity index is 546. The summed E-state index contributed by atoms with van der Waals surface area (Å²) in [4.78, 5) is 0. The zero-order chi connectivity index (χ0) is 10.4. The first-order valence-corrected chi connectivity index (χ1v) is 4.95. The number of fused-ring (bicyclic) bond motifs is 3. The van der Waals surface area contributed by atoms with Gasteiger partial charge in [-0.25, -0.2) is 0 Å². The molecule has 0 aromatic heterocycles. The molecule has 0 atom stereocenters. The Balaban J connectivity index is 2.29. The van der Waals surface area contributed by atoms with E-state index in [4.69, 9.17) is 5.73 Å². The van der Waals surface area contributed by atoms with Crippen molar-refractivity contribution in [3.63, 3.8) is 0 Å². The summed E-state index contributed by atoms with van der Waals surface area (Å²) in [7, 11) is 0. The topological polar surface area (TPSA) is 46.2 Å². The average molecular weight is 197 g/mol. The van der Waals surface area contributed by atoms with Crippen LogP contribution in [0, 0.1) is 0 Å². The molecule has 0 amide bonds. The fourth-order valence-corrected chi connectivity index (χ4v) is 2.19. The number of phenolic OH excluding ortho intramolecular Hbond substituents is 1. The first-order chi connectivity index (χ1) is 7.25. The van der Waals surface area contributed by atoms with Gasteiger partial charge in [0.25, 0.3) is 0 Å². The highest BCUT2D eigenvalue weighted by Crippen LogP contribution is 2.40. The minimum atomic E-state index is 0.172. The quantitative estimate of drug-likeness (QED) is 0.429. The summed E-state index contributed by atoms with van der Waals surface area (Å²) in [5.41, 5.74) is 11.0. The summed E-state index contributed by atoms with van der Waals surface area (Å²) in [5.74, 6) is 0.172. The van der Waals surface area contributed by atoms with E-state index in [1.54, 1.807) is 6.07 Å². The van der Waals surface area contributed by atoms with Gasteiger partial charge in [-0.1, -0.05) is 24.3 Å². The molecule has 1 aliphatic rings. The fraction of sp³-hybridized carbons (Fsp3) is 0.0769. The summed E-state index contributed by atoms with van der Waals surface area (Å²) in [6.07, 6.45) is 0.913. The van der Waals surface area contributed by atoms with Crippen molar-refractivity contribution >= 4 is 5.69 Å². The lowest BCUT2D eigenvalue weighted by atomic mass is 10.1. The van der Waals surface area contributed by atoms with Gasteiger partial charge in [0.05, 0.1) is 5.69 Å². The Labute approximate surface area is 88.0 Å². The molecule has 2 aromatic rings. The summed E-state index contributed by atoms with van der Waals surface area (Å²) >= 11 is 0. The highest BCUT2D eigenvalue weighted by Gasteiger charge is 2.19. The van der Waals surface area contributed by atoms with Crippen LogP contribution in [0.3, 0.4) is 0 Å². The number of rotatable bonds is 0. The number of nitrogen functional groups attached to an aromatic ring is 1. The molecule has 74 valence electrons. The highest BCUT2D eigenvalue weighted by molar-refractivity contribution is 5.80. The maximum absolute atomic E-state index is 9.58. The first-order valence-electron chi connectivity index (χ1n) is 4.95. The lowest BCUT2D eigenvalue weighted by molar-refractivity contribution is 0.478. The molecular weight excluding hydrogens is 186 g/mol. The molecule has 0 saturated carbocycles. The molecule has 0 unspecified atom stereocenters. The summed E-state index contributed by atoms with van der Waals surface area (Å²) in [6.45, 7) is 0. The maximum Gasteiger partial charge on any atom is 0.139 e. The van der Waals surface area contributed by atoms with E-state index in [1.165, 1.54) is 16.7 Å². The molecule has 0 fully saturated rings. The number of hydrogen-bond acceptors (Lipinski definition) is 2. The van der Waals surface area contributed by atoms with E-state index in [0.29, 0.717) is 5.69 Å². The lowest BCUT2D eigenvalue weighted by Crippen LogP contribution is -1.88. The third-order valence-corrected chi connectivity index (χ3v) is 2.94. The van der Waals surface area contributed by atoms with Crippen molar-refractivity contribution in [3.05, 3.63) is 47.5 Å². The highest BCUT2D eigenvalue weighted by atomic mass is 16.3. The van der Waals surface area contributed by atoms with Gasteiger partial charge in [0.15, 0.2) is 0 Å². The summed E-state index contributed by atoms with van der Waals surface area (Å²) < 4.78 is 0. The van der Waals surface area contributed by atoms with Gasteiger partial charge in [-0.3, -0.25) is 0 Å². The third-order valence-electron chi connectivity index (χ3n) is 2.94. The van der Waals surface area contributed by atoms with Crippen molar-refractivity contribution in [1.82, 2.24) is 0 Å². The van der Waals surface area contributed by atoms with Crippen molar-refractivity contribution in [2.75, 3.05) is 5.73 Å². The molecule has 2 heteroatoms. The standard InChI is InChI=1S/C13H11NO/c14-12-6-9-5-8-3-1-2-4-10(8)11(9)7-13(12)15/h1-4,6-7,15H,5,14H2. The predicted octanol–water partition coefficient (Wildman–Crippen LogP) is 2.55. The molecule has 0 saturated heterocycles. The predicted molar refractivity (Wildman–Crippen MR) is 60.8 cm³/mol. The second-order valence-corrected chi connectivity index (χ2v) is 3.90. The molecule has 1 aliphatic carbocycles. The number of phenols is 1. The number of anilines is 1. The van der Waals surface area contributed by atoms with E-state index in [0.717, 1.165) is 12.0 Å². The number of benzene rings is 2. The molecule has 0 heterocycles. The van der Waals surface area contributed by atoms with Gasteiger partial charge in [0.1, 0.15) is 5.75 Å². The first kappa shape index (κ1) is 8.36. The van der Waals surface area contributed by atoms with Crippen molar-refractivity contribution < 1.29 is 5.11 Å². The van der Waals surface area contributed by atoms with E-state index in [9.17, 15) is 5.11 Å². The molecule has 0 spiro atoms. The second-order valence-electron chi connectivity index (χ2n) is 3.90. The smallest absolute Gasteiger partial charge is 0.139 e. The van der Waals surface area contributed by atoms with Gasteiger partial charge in [-0.05, 0) is 40.8 Å². The van der Waals surface area contributed by atoms with E-state index < -0.39 is 0 Å². The molecule has 0 radical (unpaired) electrons. The Kier molecular flexibility index (Phi) is 1.54. The van der Waals surface area contributed by atoms with E-state index in [-0.39, 0.29) is 5.75 Å². The molecule has 0 aliphatic heterocycles. The molecule has 15 heavy (non-hydrogen) atoms. The lowest BCUT2D eigenvalue weighted by Gasteiger charge is -2.04. The zero-order valence-electron chi connectivity index (χ0n) is 8.20. The monoisotopic (exact) mass is 197 g/mol. The molecular formula is C13H11NO. The molecule has 2 aromatic carbocycles. The number of aromatic hydroxyl groups is 1. The van der Waals surface area contributed by atoms with E-state index >= 15 is 0 Å². The summed E-state index contributed by atoms with van der Waals surface area (Å²) in [5, 5.41) is 9.58. The third kappa shape index (κ3) is 1.11. The largest absolute Gasteiger partial charge is 0.506 e. The van der Waals surface area contributed by atoms with Gasteiger partial charge in [-0.15, -0.1) is 0 Å². The van der Waals surface area contributed by atoms with Crippen LogP contribution in [-0.2, 0) is 6.42 Å². The van der Waals surface area contributed by atoms with Crippen molar-refractivity contribution in [1.29, 1.82) is 0 Å². The van der Waals surface area contributed by atoms with Crippen LogP contribution in [0.2, 0.25) is 0 Å². The van der Waals surface area contributed by atoms with Gasteiger partial charge in [0, 0.05) is 0 Å². The van der Waals surface area contributed by atoms with Crippen molar-refractivity contribution in [2.24, 2.45) is 0 Å². The van der Waals surface area contributed by atoms with Crippen LogP contribution in [0.1, 0.15) is 11.1 Å². The zero-order valence-corrected chi connectivity index (χ0v) is 8.20. The fourth-order valence-electron chi connectivity index (χ4n) is 2.19. The van der Waals surface area contributed by atoms with Crippen LogP contribution < -0.4 is 5.73 Å². The Morgan fingerprint density at radius 2 is 1.80 bits per heavy atom. The van der Waals surface area contributed by atoms with E-state index in [2.05, 4.69) is 12.1 Å². The number of nitrogens with two attached hydrogens (primary N) is 1. The number of hydrogen-bond donors (Lipinski definition) is 2. The normalized spacial score (nSPS) is 12.3. The van der Waals surface area contributed by atoms with E-state index in [1.807, 2.05) is 18.2 Å². The van der Waals surface area contributed by atoms with Crippen molar-refractivity contribution in [3.8, 4) is 16.9 Å². The maximum atomic E-state index is 9.58.